The zero-order chi connectivity index (χ0) is 14.1. The van der Waals surface area contributed by atoms with Crippen molar-refractivity contribution in [2.24, 2.45) is 0 Å². The average Bonchev–Trinajstić information content (AvgIpc) is 2.86. The third-order valence-electron chi connectivity index (χ3n) is 2.80. The number of ether oxygens (including phenoxy) is 2. The third kappa shape index (κ3) is 2.69. The van der Waals surface area contributed by atoms with Gasteiger partial charge in [-0.25, -0.2) is 0 Å². The van der Waals surface area contributed by atoms with Gasteiger partial charge in [0.05, 0.1) is 10.7 Å². The lowest BCUT2D eigenvalue weighted by atomic mass is 10.2. The number of hydrogen-bond acceptors (Lipinski definition) is 3. The van der Waals surface area contributed by atoms with Crippen LogP contribution in [-0.2, 0) is 0 Å². The molecule has 1 aliphatic heterocycles. The third-order valence-corrected chi connectivity index (χ3v) is 3.78. The summed E-state index contributed by atoms with van der Waals surface area (Å²) in [5.74, 6) is 0.943. The molecule has 1 amide bonds. The van der Waals surface area contributed by atoms with E-state index in [0.717, 1.165) is 3.57 Å². The van der Waals surface area contributed by atoms with E-state index in [2.05, 4.69) is 27.9 Å². The Morgan fingerprint density at radius 1 is 1.20 bits per heavy atom. The summed E-state index contributed by atoms with van der Waals surface area (Å²) in [4.78, 5) is 12.2. The van der Waals surface area contributed by atoms with Crippen LogP contribution in [0.1, 0.15) is 10.4 Å². The first-order valence-corrected chi connectivity index (χ1v) is 7.25. The van der Waals surface area contributed by atoms with Crippen LogP contribution in [0.25, 0.3) is 0 Å². The molecule has 3 rings (SSSR count). The van der Waals surface area contributed by atoms with Gasteiger partial charge in [0.2, 0.25) is 6.79 Å². The summed E-state index contributed by atoms with van der Waals surface area (Å²) < 4.78 is 11.5. The molecule has 2 aromatic carbocycles. The molecule has 2 aromatic rings. The fourth-order valence-corrected chi connectivity index (χ4v) is 2.58. The molecule has 0 spiro atoms. The van der Waals surface area contributed by atoms with Crippen molar-refractivity contribution >= 4 is 45.8 Å². The van der Waals surface area contributed by atoms with E-state index in [-0.39, 0.29) is 12.7 Å². The Hall–Kier alpha value is -1.47. The first-order valence-electron chi connectivity index (χ1n) is 5.79. The minimum atomic E-state index is -0.218. The number of rotatable bonds is 2. The van der Waals surface area contributed by atoms with Gasteiger partial charge in [-0.15, -0.1) is 0 Å². The lowest BCUT2D eigenvalue weighted by Crippen LogP contribution is -2.12. The topological polar surface area (TPSA) is 47.6 Å². The summed E-state index contributed by atoms with van der Waals surface area (Å²) in [7, 11) is 0. The predicted molar refractivity (Wildman–Crippen MR) is 84.7 cm³/mol. The van der Waals surface area contributed by atoms with Crippen LogP contribution in [0, 0.1) is 3.57 Å². The van der Waals surface area contributed by atoms with E-state index in [0.29, 0.717) is 27.8 Å². The highest BCUT2D eigenvalue weighted by Crippen LogP contribution is 2.39. The Morgan fingerprint density at radius 2 is 1.95 bits per heavy atom. The van der Waals surface area contributed by atoms with Gasteiger partial charge in [-0.3, -0.25) is 4.79 Å². The van der Waals surface area contributed by atoms with Crippen LogP contribution < -0.4 is 14.8 Å². The Morgan fingerprint density at radius 3 is 2.70 bits per heavy atom. The molecule has 1 heterocycles. The molecule has 0 radical (unpaired) electrons. The monoisotopic (exact) mass is 401 g/mol. The van der Waals surface area contributed by atoms with Crippen molar-refractivity contribution in [3.8, 4) is 11.5 Å². The zero-order valence-electron chi connectivity index (χ0n) is 10.2. The van der Waals surface area contributed by atoms with Gasteiger partial charge < -0.3 is 14.8 Å². The molecule has 0 aliphatic carbocycles. The van der Waals surface area contributed by atoms with Gasteiger partial charge in [-0.05, 0) is 40.8 Å². The van der Waals surface area contributed by atoms with Crippen LogP contribution in [0.3, 0.4) is 0 Å². The Balaban J connectivity index is 1.86. The number of hydrogen-bond donors (Lipinski definition) is 1. The second-order valence-corrected chi connectivity index (χ2v) is 5.80. The summed E-state index contributed by atoms with van der Waals surface area (Å²) in [5, 5.41) is 3.18. The zero-order valence-corrected chi connectivity index (χ0v) is 13.1. The minimum absolute atomic E-state index is 0.167. The maximum Gasteiger partial charge on any atom is 0.255 e. The molecule has 0 fully saturated rings. The maximum absolute atomic E-state index is 12.2. The Labute approximate surface area is 134 Å². The van der Waals surface area contributed by atoms with Gasteiger partial charge in [0, 0.05) is 21.3 Å². The second kappa shape index (κ2) is 5.49. The summed E-state index contributed by atoms with van der Waals surface area (Å²) >= 11 is 8.28. The summed E-state index contributed by atoms with van der Waals surface area (Å²) in [5.41, 5.74) is 1.07. The number of anilines is 1. The van der Waals surface area contributed by atoms with Crippen molar-refractivity contribution in [1.82, 2.24) is 0 Å². The molecule has 0 aromatic heterocycles. The molecule has 1 N–H and O–H groups in total. The molecule has 4 nitrogen and oxygen atoms in total. The van der Waals surface area contributed by atoms with Crippen molar-refractivity contribution in [1.29, 1.82) is 0 Å². The van der Waals surface area contributed by atoms with E-state index in [4.69, 9.17) is 21.1 Å². The van der Waals surface area contributed by atoms with Crippen molar-refractivity contribution in [3.63, 3.8) is 0 Å². The predicted octanol–water partition coefficient (Wildman–Crippen LogP) is 3.93. The normalized spacial score (nSPS) is 12.3. The largest absolute Gasteiger partial charge is 0.454 e. The number of nitrogens with one attached hydrogen (secondary N) is 1. The van der Waals surface area contributed by atoms with E-state index in [1.165, 1.54) is 0 Å². The number of halogens is 2. The van der Waals surface area contributed by atoms with E-state index in [9.17, 15) is 4.79 Å². The van der Waals surface area contributed by atoms with Crippen molar-refractivity contribution in [3.05, 3.63) is 50.6 Å². The second-order valence-electron chi connectivity index (χ2n) is 4.15. The summed E-state index contributed by atoms with van der Waals surface area (Å²) in [6.07, 6.45) is 0. The maximum atomic E-state index is 12.2. The van der Waals surface area contributed by atoms with Gasteiger partial charge in [0.25, 0.3) is 5.91 Å². The molecular formula is C14H9ClINO3. The lowest BCUT2D eigenvalue weighted by Gasteiger charge is -2.08. The van der Waals surface area contributed by atoms with Crippen LogP contribution in [-0.4, -0.2) is 12.7 Å². The molecule has 0 saturated carbocycles. The van der Waals surface area contributed by atoms with E-state index in [1.54, 1.807) is 24.3 Å². The number of benzene rings is 2. The molecule has 0 atom stereocenters. The van der Waals surface area contributed by atoms with Gasteiger partial charge in [0.15, 0.2) is 11.5 Å². The molecule has 0 unspecified atom stereocenters. The number of carbonyl (C=O) groups is 1. The standard InChI is InChI=1S/C14H9ClINO3/c15-10-5-12-13(20-7-19-12)6-11(10)17-14(18)8-2-1-3-9(16)4-8/h1-6H,7H2,(H,17,18). The smallest absolute Gasteiger partial charge is 0.255 e. The molecule has 0 saturated heterocycles. The number of fused-ring (bicyclic) bond motifs is 1. The number of carbonyl (C=O) groups excluding carboxylic acids is 1. The highest BCUT2D eigenvalue weighted by Gasteiger charge is 2.18. The molecule has 102 valence electrons. The molecule has 0 bridgehead atoms. The van der Waals surface area contributed by atoms with E-state index in [1.807, 2.05) is 12.1 Å². The highest BCUT2D eigenvalue weighted by atomic mass is 127. The number of amides is 1. The lowest BCUT2D eigenvalue weighted by molar-refractivity contribution is 0.102. The summed E-state index contributed by atoms with van der Waals surface area (Å²) in [6.45, 7) is 0.167. The molecule has 20 heavy (non-hydrogen) atoms. The molecule has 1 aliphatic rings. The van der Waals surface area contributed by atoms with Crippen molar-refractivity contribution < 1.29 is 14.3 Å². The fraction of sp³-hybridized carbons (Fsp3) is 0.0714. The first kappa shape index (κ1) is 13.5. The van der Waals surface area contributed by atoms with Gasteiger partial charge in [0.1, 0.15) is 0 Å². The molecular weight excluding hydrogens is 393 g/mol. The van der Waals surface area contributed by atoms with Gasteiger partial charge >= 0.3 is 0 Å². The Bertz CT molecular complexity index is 690. The Kier molecular flexibility index (Phi) is 3.71. The van der Waals surface area contributed by atoms with Gasteiger partial charge in [-0.2, -0.15) is 0 Å². The van der Waals surface area contributed by atoms with Crippen LogP contribution in [0.2, 0.25) is 5.02 Å². The van der Waals surface area contributed by atoms with Crippen LogP contribution in [0.4, 0.5) is 5.69 Å². The van der Waals surface area contributed by atoms with Gasteiger partial charge in [-0.1, -0.05) is 17.7 Å². The first-order chi connectivity index (χ1) is 9.63. The van der Waals surface area contributed by atoms with Crippen molar-refractivity contribution in [2.45, 2.75) is 0 Å². The minimum Gasteiger partial charge on any atom is -0.454 e. The van der Waals surface area contributed by atoms with Crippen LogP contribution in [0.5, 0.6) is 11.5 Å². The summed E-state index contributed by atoms with van der Waals surface area (Å²) in [6, 6.07) is 10.6. The highest BCUT2D eigenvalue weighted by molar-refractivity contribution is 14.1. The van der Waals surface area contributed by atoms with E-state index < -0.39 is 0 Å². The van der Waals surface area contributed by atoms with Crippen molar-refractivity contribution in [2.75, 3.05) is 12.1 Å². The van der Waals surface area contributed by atoms with Crippen LogP contribution >= 0.6 is 34.2 Å². The quantitative estimate of drug-likeness (QED) is 0.776. The SMILES string of the molecule is O=C(Nc1cc2c(cc1Cl)OCO2)c1cccc(I)c1. The molecule has 6 heteroatoms. The fourth-order valence-electron chi connectivity index (χ4n) is 1.84. The van der Waals surface area contributed by atoms with Crippen LogP contribution in [0.15, 0.2) is 36.4 Å². The van der Waals surface area contributed by atoms with E-state index >= 15 is 0 Å². The average molecular weight is 402 g/mol.